The predicted octanol–water partition coefficient (Wildman–Crippen LogP) is 4.23. The third kappa shape index (κ3) is 4.41. The summed E-state index contributed by atoms with van der Waals surface area (Å²) in [5.74, 6) is -0.992. The molecule has 2 rings (SSSR count). The zero-order valence-electron chi connectivity index (χ0n) is 15.7. The van der Waals surface area contributed by atoms with Gasteiger partial charge >= 0.3 is 0 Å². The predicted molar refractivity (Wildman–Crippen MR) is 108 cm³/mol. The topological polar surface area (TPSA) is 63.2 Å². The zero-order chi connectivity index (χ0) is 20.5. The highest BCUT2D eigenvalue weighted by Gasteiger charge is 2.43. The van der Waals surface area contributed by atoms with Gasteiger partial charge in [0, 0.05) is 16.4 Å². The molecule has 0 heterocycles. The minimum Gasteiger partial charge on any atom is -0.354 e. The number of sulfone groups is 1. The van der Waals surface area contributed by atoms with E-state index < -0.39 is 25.9 Å². The Morgan fingerprint density at radius 1 is 1.04 bits per heavy atom. The average molecular weight is 456 g/mol. The van der Waals surface area contributed by atoms with Crippen molar-refractivity contribution in [2.24, 2.45) is 0 Å². The smallest absolute Gasteiger partial charge is 0.241 e. The lowest BCUT2D eigenvalue weighted by Crippen LogP contribution is -2.50. The summed E-state index contributed by atoms with van der Waals surface area (Å²) in [5.41, 5.74) is -0.239. The molecule has 0 saturated carbocycles. The van der Waals surface area contributed by atoms with Crippen LogP contribution in [0.5, 0.6) is 0 Å². The summed E-state index contributed by atoms with van der Waals surface area (Å²) in [6.07, 6.45) is 0. The molecule has 146 valence electrons. The van der Waals surface area contributed by atoms with Crippen molar-refractivity contribution in [2.75, 3.05) is 6.54 Å². The molecule has 0 aromatic heterocycles. The van der Waals surface area contributed by atoms with Crippen LogP contribution in [0.25, 0.3) is 0 Å². The standard InChI is InChI=1S/C20H23BrFNO3S/c1-19(2,16-7-5-6-8-17(16)22)13-23-18(24)20(3,4)27(25,26)15-11-9-14(21)10-12-15/h5-12H,13H2,1-4H3,(H,23,24). The molecule has 0 atom stereocenters. The molecule has 0 fully saturated rings. The fourth-order valence-electron chi connectivity index (χ4n) is 2.65. The molecular formula is C20H23BrFNO3S. The minimum absolute atomic E-state index is 0.0687. The van der Waals surface area contributed by atoms with Crippen LogP contribution in [0.1, 0.15) is 33.3 Å². The number of hydrogen-bond acceptors (Lipinski definition) is 3. The van der Waals surface area contributed by atoms with Gasteiger partial charge in [-0.2, -0.15) is 0 Å². The Kier molecular flexibility index (Phi) is 6.16. The molecule has 0 radical (unpaired) electrons. The average Bonchev–Trinajstić information content (AvgIpc) is 2.60. The highest BCUT2D eigenvalue weighted by Crippen LogP contribution is 2.28. The van der Waals surface area contributed by atoms with Crippen LogP contribution in [-0.4, -0.2) is 25.6 Å². The molecule has 0 unspecified atom stereocenters. The second kappa shape index (κ2) is 7.72. The molecule has 0 saturated heterocycles. The van der Waals surface area contributed by atoms with E-state index in [0.29, 0.717) is 5.56 Å². The Labute approximate surface area is 168 Å². The van der Waals surface area contributed by atoms with Crippen molar-refractivity contribution in [3.05, 3.63) is 64.4 Å². The first-order valence-corrected chi connectivity index (χ1v) is 10.7. The van der Waals surface area contributed by atoms with Crippen molar-refractivity contribution in [1.82, 2.24) is 5.32 Å². The third-order valence-electron chi connectivity index (χ3n) is 4.64. The Bertz CT molecular complexity index is 938. The summed E-state index contributed by atoms with van der Waals surface area (Å²) in [5, 5.41) is 2.68. The van der Waals surface area contributed by atoms with Gasteiger partial charge in [-0.3, -0.25) is 4.79 Å². The van der Waals surface area contributed by atoms with Gasteiger partial charge in [0.25, 0.3) is 0 Å². The molecule has 0 aliphatic heterocycles. The molecule has 7 heteroatoms. The summed E-state index contributed by atoms with van der Waals surface area (Å²) in [6, 6.07) is 12.5. The number of halogens is 2. The number of carbonyl (C=O) groups is 1. The van der Waals surface area contributed by atoms with Gasteiger partial charge in [-0.1, -0.05) is 48.0 Å². The van der Waals surface area contributed by atoms with Gasteiger partial charge < -0.3 is 5.32 Å². The van der Waals surface area contributed by atoms with Crippen LogP contribution in [0.15, 0.2) is 57.9 Å². The summed E-state index contributed by atoms with van der Waals surface area (Å²) >= 11 is 3.26. The lowest BCUT2D eigenvalue weighted by molar-refractivity contribution is -0.123. The van der Waals surface area contributed by atoms with Crippen molar-refractivity contribution >= 4 is 31.7 Å². The lowest BCUT2D eigenvalue weighted by atomic mass is 9.84. The van der Waals surface area contributed by atoms with Gasteiger partial charge in [-0.15, -0.1) is 0 Å². The monoisotopic (exact) mass is 455 g/mol. The fourth-order valence-corrected chi connectivity index (χ4v) is 4.31. The zero-order valence-corrected chi connectivity index (χ0v) is 18.1. The molecule has 2 aromatic carbocycles. The van der Waals surface area contributed by atoms with Gasteiger partial charge in [0.05, 0.1) is 4.90 Å². The van der Waals surface area contributed by atoms with Crippen LogP contribution in [0, 0.1) is 5.82 Å². The molecule has 27 heavy (non-hydrogen) atoms. The Balaban J connectivity index is 2.21. The summed E-state index contributed by atoms with van der Waals surface area (Å²) in [4.78, 5) is 12.8. The van der Waals surface area contributed by atoms with Gasteiger partial charge in [-0.25, -0.2) is 12.8 Å². The fraction of sp³-hybridized carbons (Fsp3) is 0.350. The van der Waals surface area contributed by atoms with Crippen molar-refractivity contribution in [3.63, 3.8) is 0 Å². The maximum Gasteiger partial charge on any atom is 0.241 e. The molecular weight excluding hydrogens is 433 g/mol. The van der Waals surface area contributed by atoms with E-state index in [1.54, 1.807) is 44.2 Å². The van der Waals surface area contributed by atoms with E-state index >= 15 is 0 Å². The Hall–Kier alpha value is -1.73. The van der Waals surface area contributed by atoms with E-state index in [9.17, 15) is 17.6 Å². The number of carbonyl (C=O) groups excluding carboxylic acids is 1. The summed E-state index contributed by atoms with van der Waals surface area (Å²) in [7, 11) is -3.90. The van der Waals surface area contributed by atoms with Crippen molar-refractivity contribution in [2.45, 2.75) is 42.8 Å². The van der Waals surface area contributed by atoms with Crippen molar-refractivity contribution in [3.8, 4) is 0 Å². The van der Waals surface area contributed by atoms with Gasteiger partial charge in [0.15, 0.2) is 9.84 Å². The SMILES string of the molecule is CC(C)(CNC(=O)C(C)(C)S(=O)(=O)c1ccc(Br)cc1)c1ccccc1F. The van der Waals surface area contributed by atoms with E-state index in [4.69, 9.17) is 0 Å². The highest BCUT2D eigenvalue weighted by molar-refractivity contribution is 9.10. The number of nitrogens with one attached hydrogen (secondary N) is 1. The number of benzene rings is 2. The molecule has 2 aromatic rings. The van der Waals surface area contributed by atoms with Crippen LogP contribution in [-0.2, 0) is 20.0 Å². The summed E-state index contributed by atoms with van der Waals surface area (Å²) < 4.78 is 39.0. The Morgan fingerprint density at radius 3 is 2.15 bits per heavy atom. The Morgan fingerprint density at radius 2 is 1.59 bits per heavy atom. The highest BCUT2D eigenvalue weighted by atomic mass is 79.9. The van der Waals surface area contributed by atoms with Crippen LogP contribution >= 0.6 is 15.9 Å². The number of amides is 1. The molecule has 0 spiro atoms. The molecule has 0 bridgehead atoms. The van der Waals surface area contributed by atoms with Gasteiger partial charge in [0.2, 0.25) is 5.91 Å². The molecule has 0 aliphatic carbocycles. The van der Waals surface area contributed by atoms with E-state index in [1.165, 1.54) is 32.0 Å². The van der Waals surface area contributed by atoms with E-state index in [1.807, 2.05) is 0 Å². The molecule has 0 aliphatic rings. The second-order valence-corrected chi connectivity index (χ2v) is 10.9. The lowest BCUT2D eigenvalue weighted by Gasteiger charge is -2.29. The summed E-state index contributed by atoms with van der Waals surface area (Å²) in [6.45, 7) is 6.43. The second-order valence-electron chi connectivity index (χ2n) is 7.51. The quantitative estimate of drug-likeness (QED) is 0.708. The molecule has 4 nitrogen and oxygen atoms in total. The first kappa shape index (κ1) is 21.6. The first-order chi connectivity index (χ1) is 12.4. The van der Waals surface area contributed by atoms with Gasteiger partial charge in [-0.05, 0) is 49.7 Å². The normalized spacial score (nSPS) is 12.7. The van der Waals surface area contributed by atoms with Gasteiger partial charge in [0.1, 0.15) is 10.6 Å². The van der Waals surface area contributed by atoms with Crippen LogP contribution in [0.4, 0.5) is 4.39 Å². The van der Waals surface area contributed by atoms with Crippen LogP contribution < -0.4 is 5.32 Å². The molecule has 1 amide bonds. The van der Waals surface area contributed by atoms with E-state index in [-0.39, 0.29) is 17.3 Å². The van der Waals surface area contributed by atoms with E-state index in [2.05, 4.69) is 21.2 Å². The molecule has 1 N–H and O–H groups in total. The van der Waals surface area contributed by atoms with Crippen molar-refractivity contribution < 1.29 is 17.6 Å². The maximum atomic E-state index is 14.1. The number of rotatable bonds is 6. The first-order valence-electron chi connectivity index (χ1n) is 8.43. The van der Waals surface area contributed by atoms with E-state index in [0.717, 1.165) is 4.47 Å². The van der Waals surface area contributed by atoms with Crippen LogP contribution in [0.2, 0.25) is 0 Å². The number of hydrogen-bond donors (Lipinski definition) is 1. The largest absolute Gasteiger partial charge is 0.354 e. The van der Waals surface area contributed by atoms with Crippen molar-refractivity contribution in [1.29, 1.82) is 0 Å². The minimum atomic E-state index is -3.90. The third-order valence-corrected chi connectivity index (χ3v) is 7.59. The maximum absolute atomic E-state index is 14.1. The van der Waals surface area contributed by atoms with Crippen LogP contribution in [0.3, 0.4) is 0 Å².